The Morgan fingerprint density at radius 1 is 1.23 bits per heavy atom. The van der Waals surface area contributed by atoms with E-state index >= 15 is 0 Å². The van der Waals surface area contributed by atoms with Gasteiger partial charge in [-0.1, -0.05) is 38.7 Å². The molecule has 4 rings (SSSR count). The van der Waals surface area contributed by atoms with Gasteiger partial charge in [-0.25, -0.2) is 0 Å². The molecule has 0 heterocycles. The van der Waals surface area contributed by atoms with Crippen LogP contribution in [0.4, 0.5) is 0 Å². The van der Waals surface area contributed by atoms with Crippen LogP contribution < -0.4 is 0 Å². The Labute approximate surface area is 179 Å². The summed E-state index contributed by atoms with van der Waals surface area (Å²) in [5, 5.41) is 41.6. The van der Waals surface area contributed by atoms with Crippen molar-refractivity contribution >= 4 is 5.97 Å². The van der Waals surface area contributed by atoms with Crippen molar-refractivity contribution in [3.8, 4) is 0 Å². The molecule has 3 unspecified atom stereocenters. The van der Waals surface area contributed by atoms with Crippen molar-refractivity contribution < 1.29 is 25.2 Å². The molecular formula is C25H36O5. The Kier molecular flexibility index (Phi) is 5.12. The summed E-state index contributed by atoms with van der Waals surface area (Å²) in [5.74, 6) is -1.45. The van der Waals surface area contributed by atoms with E-state index in [0.717, 1.165) is 30.4 Å². The quantitative estimate of drug-likeness (QED) is 0.526. The fraction of sp³-hybridized carbons (Fsp3) is 0.720. The molecule has 0 aromatic heterocycles. The maximum Gasteiger partial charge on any atom is 0.307 e. The number of aliphatic hydroxyl groups is 3. The van der Waals surface area contributed by atoms with Crippen molar-refractivity contribution in [1.29, 1.82) is 0 Å². The highest BCUT2D eigenvalue weighted by molar-refractivity contribution is 5.72. The van der Waals surface area contributed by atoms with Gasteiger partial charge in [-0.3, -0.25) is 4.79 Å². The summed E-state index contributed by atoms with van der Waals surface area (Å²) in [5.41, 5.74) is 0.702. The van der Waals surface area contributed by atoms with Crippen LogP contribution in [-0.2, 0) is 4.79 Å². The molecule has 4 aliphatic rings. The lowest BCUT2D eigenvalue weighted by atomic mass is 9.43. The lowest BCUT2D eigenvalue weighted by Gasteiger charge is -2.60. The van der Waals surface area contributed by atoms with Crippen molar-refractivity contribution in [2.75, 3.05) is 6.61 Å². The van der Waals surface area contributed by atoms with E-state index in [1.807, 2.05) is 6.08 Å². The highest BCUT2D eigenvalue weighted by Gasteiger charge is 2.68. The van der Waals surface area contributed by atoms with Gasteiger partial charge in [0.15, 0.2) is 0 Å². The highest BCUT2D eigenvalue weighted by Crippen LogP contribution is 2.71. The first-order valence-corrected chi connectivity index (χ1v) is 11.3. The van der Waals surface area contributed by atoms with Gasteiger partial charge < -0.3 is 20.4 Å². The predicted octanol–water partition coefficient (Wildman–Crippen LogP) is 3.46. The number of hydrogen-bond acceptors (Lipinski definition) is 4. The smallest absolute Gasteiger partial charge is 0.307 e. The molecule has 0 aromatic carbocycles. The fourth-order valence-corrected chi connectivity index (χ4v) is 7.83. The molecule has 0 amide bonds. The summed E-state index contributed by atoms with van der Waals surface area (Å²) >= 11 is 0. The van der Waals surface area contributed by atoms with Crippen LogP contribution in [0.5, 0.6) is 0 Å². The number of carboxylic acids is 1. The van der Waals surface area contributed by atoms with Gasteiger partial charge in [0.25, 0.3) is 0 Å². The first-order valence-electron chi connectivity index (χ1n) is 11.3. The molecule has 0 spiro atoms. The number of hydrogen-bond donors (Lipinski definition) is 4. The average Bonchev–Trinajstić information content (AvgIpc) is 2.84. The van der Waals surface area contributed by atoms with Gasteiger partial charge in [-0.15, -0.1) is 0 Å². The fourth-order valence-electron chi connectivity index (χ4n) is 7.83. The third-order valence-electron chi connectivity index (χ3n) is 9.54. The normalized spacial score (nSPS) is 47.9. The third-order valence-corrected chi connectivity index (χ3v) is 9.54. The summed E-state index contributed by atoms with van der Waals surface area (Å²) in [6, 6.07) is 0. The number of fused-ring (bicyclic) bond motifs is 5. The molecule has 5 nitrogen and oxygen atoms in total. The Balaban J connectivity index is 1.82. The third kappa shape index (κ3) is 2.68. The molecule has 8 atom stereocenters. The van der Waals surface area contributed by atoms with Gasteiger partial charge in [0.1, 0.15) is 0 Å². The van der Waals surface area contributed by atoms with Gasteiger partial charge in [0, 0.05) is 12.0 Å². The molecule has 0 aromatic rings. The van der Waals surface area contributed by atoms with E-state index in [1.54, 1.807) is 0 Å². The lowest BCUT2D eigenvalue weighted by molar-refractivity contribution is -0.161. The highest BCUT2D eigenvalue weighted by atomic mass is 16.4. The summed E-state index contributed by atoms with van der Waals surface area (Å²) in [7, 11) is 0. The minimum atomic E-state index is -1.16. The predicted molar refractivity (Wildman–Crippen MR) is 115 cm³/mol. The summed E-state index contributed by atoms with van der Waals surface area (Å²) in [6.45, 7) is 12.8. The number of carbonyl (C=O) groups is 1. The van der Waals surface area contributed by atoms with Crippen LogP contribution in [0.25, 0.3) is 0 Å². The maximum atomic E-state index is 12.4. The zero-order valence-electron chi connectivity index (χ0n) is 18.2. The number of rotatable bonds is 4. The van der Waals surface area contributed by atoms with Gasteiger partial charge >= 0.3 is 5.97 Å². The molecular weight excluding hydrogens is 380 g/mol. The molecule has 3 fully saturated rings. The molecule has 0 bridgehead atoms. The van der Waals surface area contributed by atoms with E-state index < -0.39 is 29.0 Å². The minimum Gasteiger partial charge on any atom is -0.481 e. The zero-order chi connectivity index (χ0) is 22.1. The Bertz CT molecular complexity index is 814. The van der Waals surface area contributed by atoms with Crippen LogP contribution in [0.1, 0.15) is 58.8 Å². The maximum absolute atomic E-state index is 12.4. The first-order chi connectivity index (χ1) is 14.0. The van der Waals surface area contributed by atoms with Crippen molar-refractivity contribution in [1.82, 2.24) is 0 Å². The van der Waals surface area contributed by atoms with E-state index in [-0.39, 0.29) is 29.8 Å². The molecule has 30 heavy (non-hydrogen) atoms. The summed E-state index contributed by atoms with van der Waals surface area (Å²) in [4.78, 5) is 12.4. The van der Waals surface area contributed by atoms with Gasteiger partial charge in [0.05, 0.1) is 17.6 Å². The summed E-state index contributed by atoms with van der Waals surface area (Å²) in [6.07, 6.45) is 5.94. The van der Waals surface area contributed by atoms with E-state index in [0.29, 0.717) is 31.3 Å². The second-order valence-electron chi connectivity index (χ2n) is 10.7. The average molecular weight is 417 g/mol. The molecule has 166 valence electrons. The van der Waals surface area contributed by atoms with Crippen LogP contribution in [-0.4, -0.2) is 44.7 Å². The Morgan fingerprint density at radius 3 is 2.57 bits per heavy atom. The van der Waals surface area contributed by atoms with Gasteiger partial charge in [-0.05, 0) is 79.3 Å². The van der Waals surface area contributed by atoms with Crippen LogP contribution in [0.3, 0.4) is 0 Å². The molecule has 0 radical (unpaired) electrons. The number of carboxylic acid groups (broad SMARTS) is 1. The summed E-state index contributed by atoms with van der Waals surface area (Å²) < 4.78 is 0. The van der Waals surface area contributed by atoms with Crippen LogP contribution in [0, 0.1) is 34.5 Å². The monoisotopic (exact) mass is 416 g/mol. The van der Waals surface area contributed by atoms with Gasteiger partial charge in [0.2, 0.25) is 0 Å². The minimum absolute atomic E-state index is 0.00116. The topological polar surface area (TPSA) is 98.0 Å². The second kappa shape index (κ2) is 7.04. The molecule has 4 aliphatic carbocycles. The van der Waals surface area contributed by atoms with Crippen molar-refractivity contribution in [2.24, 2.45) is 34.5 Å². The van der Waals surface area contributed by atoms with E-state index in [4.69, 9.17) is 0 Å². The Morgan fingerprint density at radius 2 is 1.93 bits per heavy atom. The second-order valence-corrected chi connectivity index (χ2v) is 10.7. The molecule has 4 N–H and O–H groups in total. The number of allylic oxidation sites excluding steroid dienone is 1. The lowest BCUT2D eigenvalue weighted by Crippen LogP contribution is -2.58. The van der Waals surface area contributed by atoms with Gasteiger partial charge in [-0.2, -0.15) is 0 Å². The van der Waals surface area contributed by atoms with E-state index in [2.05, 4.69) is 27.0 Å². The Hall–Kier alpha value is -1.43. The standard InChI is InChI=1S/C25H36O5/c1-14-15(2)25(30,8-5-11-26)24(4)10-7-19-20(21(14)24)18(22(28)29)13-16-12-17(27)6-9-23(16,19)3/h12,17-21,26-27,30H,1-2,5-11,13H2,3-4H3,(H,28,29)/t17?,18?,19-,20-,21+,23+,24+,25?/m1/s1. The van der Waals surface area contributed by atoms with Crippen molar-refractivity contribution in [2.45, 2.75) is 70.5 Å². The first kappa shape index (κ1) is 21.8. The molecule has 5 heteroatoms. The van der Waals surface area contributed by atoms with E-state index in [1.165, 1.54) is 0 Å². The van der Waals surface area contributed by atoms with Crippen molar-refractivity contribution in [3.05, 3.63) is 36.0 Å². The van der Waals surface area contributed by atoms with E-state index in [9.17, 15) is 25.2 Å². The SMILES string of the molecule is C=C1C(=C)C(O)(CCCO)[C@@]2(C)CC[C@@H]3[C@@H](C(C(=O)O)CC4=CC(O)CC[C@@]43C)[C@H]12. The molecule has 0 saturated heterocycles. The van der Waals surface area contributed by atoms with Crippen LogP contribution in [0.15, 0.2) is 36.0 Å². The molecule has 3 saturated carbocycles. The number of aliphatic hydroxyl groups excluding tert-OH is 2. The van der Waals surface area contributed by atoms with Crippen LogP contribution >= 0.6 is 0 Å². The molecule has 0 aliphatic heterocycles. The van der Waals surface area contributed by atoms with Crippen molar-refractivity contribution in [3.63, 3.8) is 0 Å². The largest absolute Gasteiger partial charge is 0.481 e. The van der Waals surface area contributed by atoms with Crippen LogP contribution in [0.2, 0.25) is 0 Å². The number of aliphatic carboxylic acids is 1. The zero-order valence-corrected chi connectivity index (χ0v) is 18.2.